The Morgan fingerprint density at radius 2 is 2.25 bits per heavy atom. The third-order valence-electron chi connectivity index (χ3n) is 2.64. The smallest absolute Gasteiger partial charge is 0.338 e. The molecule has 0 bridgehead atoms. The Morgan fingerprint density at radius 1 is 1.44 bits per heavy atom. The third-order valence-corrected chi connectivity index (χ3v) is 2.64. The van der Waals surface area contributed by atoms with Crippen LogP contribution in [0.4, 0.5) is 4.39 Å². The molecule has 0 aliphatic rings. The van der Waals surface area contributed by atoms with Crippen LogP contribution in [0.1, 0.15) is 5.56 Å². The van der Waals surface area contributed by atoms with E-state index in [4.69, 9.17) is 0 Å². The minimum atomic E-state index is -0.537. The maximum Gasteiger partial charge on any atom is 0.366 e. The molecule has 3 rings (SSSR count). The van der Waals surface area contributed by atoms with E-state index in [0.717, 1.165) is 5.56 Å². The number of fused-ring (bicyclic) bond motifs is 3. The number of nitrogens with zero attached hydrogens (tertiary/aromatic N) is 1. The summed E-state index contributed by atoms with van der Waals surface area (Å²) < 4.78 is 18.3. The quantitative estimate of drug-likeness (QED) is 0.628. The van der Waals surface area contributed by atoms with E-state index in [1.807, 2.05) is 6.92 Å². The molecular weight excluding hydrogens is 211 g/mol. The molecule has 0 saturated carbocycles. The highest BCUT2D eigenvalue weighted by Crippen LogP contribution is 2.25. The molecule has 0 radical (unpaired) electrons. The van der Waals surface area contributed by atoms with Gasteiger partial charge in [0.2, 0.25) is 0 Å². The van der Waals surface area contributed by atoms with E-state index in [2.05, 4.69) is 14.7 Å². The maximum atomic E-state index is 13.7. The maximum absolute atomic E-state index is 13.7. The largest absolute Gasteiger partial charge is 0.366 e. The zero-order valence-electron chi connectivity index (χ0n) is 8.37. The van der Waals surface area contributed by atoms with Crippen LogP contribution in [0.25, 0.3) is 21.8 Å². The fourth-order valence-electron chi connectivity index (χ4n) is 1.82. The first kappa shape index (κ1) is 9.08. The van der Waals surface area contributed by atoms with Crippen molar-refractivity contribution in [3.05, 3.63) is 40.1 Å². The van der Waals surface area contributed by atoms with E-state index < -0.39 is 11.4 Å². The van der Waals surface area contributed by atoms with Crippen molar-refractivity contribution in [2.45, 2.75) is 6.92 Å². The molecule has 1 N–H and O–H groups in total. The van der Waals surface area contributed by atoms with Gasteiger partial charge in [-0.3, -0.25) is 4.98 Å². The van der Waals surface area contributed by atoms with Gasteiger partial charge in [-0.1, -0.05) is 6.07 Å². The molecule has 5 heteroatoms. The van der Waals surface area contributed by atoms with Crippen molar-refractivity contribution in [3.8, 4) is 0 Å². The Bertz CT molecular complexity index is 758. The van der Waals surface area contributed by atoms with Gasteiger partial charge >= 0.3 is 5.63 Å². The van der Waals surface area contributed by atoms with Crippen LogP contribution in [0, 0.1) is 12.7 Å². The van der Waals surface area contributed by atoms with Gasteiger partial charge in [0.1, 0.15) is 16.7 Å². The van der Waals surface area contributed by atoms with Gasteiger partial charge in [0.15, 0.2) is 0 Å². The number of aromatic nitrogens is 2. The number of aryl methyl sites for hydroxylation is 1. The van der Waals surface area contributed by atoms with Crippen molar-refractivity contribution in [2.75, 3.05) is 0 Å². The first-order valence-electron chi connectivity index (χ1n) is 4.73. The van der Waals surface area contributed by atoms with E-state index in [0.29, 0.717) is 16.4 Å². The summed E-state index contributed by atoms with van der Waals surface area (Å²) in [6.07, 6.45) is 1.40. The predicted molar refractivity (Wildman–Crippen MR) is 56.8 cm³/mol. The second-order valence-corrected chi connectivity index (χ2v) is 3.63. The van der Waals surface area contributed by atoms with E-state index in [-0.39, 0.29) is 5.39 Å². The summed E-state index contributed by atoms with van der Waals surface area (Å²) in [6.45, 7) is 1.83. The molecule has 0 aliphatic heterocycles. The number of aromatic amines is 1. The Kier molecular flexibility index (Phi) is 1.65. The van der Waals surface area contributed by atoms with Gasteiger partial charge in [-0.05, 0) is 18.6 Å². The lowest BCUT2D eigenvalue weighted by Gasteiger charge is -2.02. The average Bonchev–Trinajstić information content (AvgIpc) is 2.66. The number of hydrogen-bond acceptors (Lipinski definition) is 3. The Balaban J connectivity index is 2.70. The average molecular weight is 218 g/mol. The molecule has 2 aromatic heterocycles. The molecule has 0 atom stereocenters. The van der Waals surface area contributed by atoms with E-state index in [9.17, 15) is 9.18 Å². The Morgan fingerprint density at radius 3 is 3.06 bits per heavy atom. The Hall–Kier alpha value is -2.17. The molecule has 4 nitrogen and oxygen atoms in total. The molecule has 0 aliphatic carbocycles. The summed E-state index contributed by atoms with van der Waals surface area (Å²) in [5, 5.41) is 2.99. The lowest BCUT2D eigenvalue weighted by molar-refractivity contribution is 0.400. The van der Waals surface area contributed by atoms with Gasteiger partial charge in [-0.25, -0.2) is 14.3 Å². The first-order chi connectivity index (χ1) is 7.68. The molecule has 0 unspecified atom stereocenters. The molecule has 80 valence electrons. The minimum absolute atomic E-state index is 0.261. The van der Waals surface area contributed by atoms with Gasteiger partial charge in [0.05, 0.1) is 10.9 Å². The molecule has 0 amide bonds. The lowest BCUT2D eigenvalue weighted by atomic mass is 10.1. The molecule has 2 heterocycles. The van der Waals surface area contributed by atoms with Crippen LogP contribution in [-0.4, -0.2) is 10.1 Å². The van der Waals surface area contributed by atoms with Crippen molar-refractivity contribution >= 4 is 21.8 Å². The second-order valence-electron chi connectivity index (χ2n) is 3.63. The first-order valence-corrected chi connectivity index (χ1v) is 4.73. The van der Waals surface area contributed by atoms with Gasteiger partial charge in [0, 0.05) is 6.20 Å². The minimum Gasteiger partial charge on any atom is -0.338 e. The van der Waals surface area contributed by atoms with Crippen LogP contribution in [-0.2, 0) is 0 Å². The number of nitrogens with one attached hydrogen (secondary N) is 1. The lowest BCUT2D eigenvalue weighted by Crippen LogP contribution is -1.94. The summed E-state index contributed by atoms with van der Waals surface area (Å²) in [7, 11) is 0. The number of pyridine rings is 1. The molecule has 0 fully saturated rings. The summed E-state index contributed by atoms with van der Waals surface area (Å²) >= 11 is 0. The van der Waals surface area contributed by atoms with Crippen molar-refractivity contribution in [3.63, 3.8) is 0 Å². The highest BCUT2D eigenvalue weighted by molar-refractivity contribution is 6.03. The van der Waals surface area contributed by atoms with Crippen LogP contribution in [0.3, 0.4) is 0 Å². The van der Waals surface area contributed by atoms with E-state index >= 15 is 0 Å². The topological polar surface area (TPSA) is 58.9 Å². The summed E-state index contributed by atoms with van der Waals surface area (Å²) in [5.74, 6) is -0.421. The zero-order chi connectivity index (χ0) is 11.3. The van der Waals surface area contributed by atoms with Crippen molar-refractivity contribution in [2.24, 2.45) is 0 Å². The Labute approximate surface area is 88.7 Å². The highest BCUT2D eigenvalue weighted by atomic mass is 19.1. The summed E-state index contributed by atoms with van der Waals surface area (Å²) in [4.78, 5) is 15.3. The fourth-order valence-corrected chi connectivity index (χ4v) is 1.82. The van der Waals surface area contributed by atoms with E-state index in [1.165, 1.54) is 12.3 Å². The normalized spacial score (nSPS) is 11.4. The van der Waals surface area contributed by atoms with Gasteiger partial charge in [-0.2, -0.15) is 0 Å². The SMILES string of the molecule is Cc1ccc(F)c2c1ncc1c(=O)o[nH]c12. The predicted octanol–water partition coefficient (Wildman–Crippen LogP) is 2.12. The summed E-state index contributed by atoms with van der Waals surface area (Å²) in [5.41, 5.74) is 1.20. The fraction of sp³-hybridized carbons (Fsp3) is 0.0909. The zero-order valence-corrected chi connectivity index (χ0v) is 8.37. The van der Waals surface area contributed by atoms with Crippen LogP contribution < -0.4 is 5.63 Å². The van der Waals surface area contributed by atoms with Gasteiger partial charge in [-0.15, -0.1) is 0 Å². The number of rotatable bonds is 0. The monoisotopic (exact) mass is 218 g/mol. The standard InChI is InChI=1S/C11H7FN2O2/c1-5-2-3-7(12)8-9(5)13-4-6-10(8)14-16-11(6)15/h2-4,14H,1H3. The molecule has 0 saturated heterocycles. The highest BCUT2D eigenvalue weighted by Gasteiger charge is 2.13. The van der Waals surface area contributed by atoms with Gasteiger partial charge < -0.3 is 4.52 Å². The van der Waals surface area contributed by atoms with Crippen LogP contribution in [0.5, 0.6) is 0 Å². The molecule has 0 spiro atoms. The van der Waals surface area contributed by atoms with Crippen molar-refractivity contribution in [1.29, 1.82) is 0 Å². The molecule has 1 aromatic carbocycles. The molecule has 16 heavy (non-hydrogen) atoms. The molecule has 3 aromatic rings. The van der Waals surface area contributed by atoms with E-state index in [1.54, 1.807) is 6.07 Å². The second kappa shape index (κ2) is 2.91. The van der Waals surface area contributed by atoms with Crippen LogP contribution in [0.2, 0.25) is 0 Å². The third kappa shape index (κ3) is 1.02. The van der Waals surface area contributed by atoms with Gasteiger partial charge in [0.25, 0.3) is 0 Å². The number of hydrogen-bond donors (Lipinski definition) is 1. The van der Waals surface area contributed by atoms with Crippen molar-refractivity contribution in [1.82, 2.24) is 10.1 Å². The number of benzene rings is 1. The van der Waals surface area contributed by atoms with Crippen LogP contribution >= 0.6 is 0 Å². The van der Waals surface area contributed by atoms with Crippen molar-refractivity contribution < 1.29 is 8.91 Å². The van der Waals surface area contributed by atoms with Crippen LogP contribution in [0.15, 0.2) is 27.6 Å². The molecular formula is C11H7FN2O2. The number of H-pyrrole nitrogens is 1. The number of halogens is 1. The summed E-state index contributed by atoms with van der Waals surface area (Å²) in [6, 6.07) is 3.00.